The molecule has 5 heteroatoms. The van der Waals surface area contributed by atoms with Gasteiger partial charge in [-0.1, -0.05) is 13.8 Å². The topological polar surface area (TPSA) is 61.8 Å². The second-order valence-electron chi connectivity index (χ2n) is 5.71. The van der Waals surface area contributed by atoms with Gasteiger partial charge in [0.05, 0.1) is 6.54 Å². The van der Waals surface area contributed by atoms with Crippen LogP contribution in [-0.4, -0.2) is 61.7 Å². The van der Waals surface area contributed by atoms with Gasteiger partial charge >= 0.3 is 0 Å². The van der Waals surface area contributed by atoms with Gasteiger partial charge < -0.3 is 20.1 Å². The van der Waals surface area contributed by atoms with Crippen LogP contribution in [0.5, 0.6) is 5.75 Å². The first-order valence-corrected chi connectivity index (χ1v) is 7.20. The first-order valence-electron chi connectivity index (χ1n) is 7.20. The van der Waals surface area contributed by atoms with Crippen LogP contribution in [0.25, 0.3) is 0 Å². The molecule has 0 amide bonds. The van der Waals surface area contributed by atoms with Gasteiger partial charge in [-0.15, -0.1) is 0 Å². The van der Waals surface area contributed by atoms with Crippen LogP contribution in [0.1, 0.15) is 24.2 Å². The monoisotopic (exact) mass is 294 g/mol. The van der Waals surface area contributed by atoms with E-state index in [1.54, 1.807) is 24.3 Å². The van der Waals surface area contributed by atoms with Gasteiger partial charge in [-0.3, -0.25) is 4.79 Å². The molecule has 0 aliphatic heterocycles. The number of aliphatic hydroxyl groups is 1. The zero-order valence-electron chi connectivity index (χ0n) is 13.3. The van der Waals surface area contributed by atoms with E-state index in [2.05, 4.69) is 5.32 Å². The summed E-state index contributed by atoms with van der Waals surface area (Å²) in [6.07, 6.45) is -0.553. The number of ether oxygens (including phenoxy) is 1. The Morgan fingerprint density at radius 3 is 2.43 bits per heavy atom. The number of ketones is 1. The van der Waals surface area contributed by atoms with E-state index in [9.17, 15) is 9.90 Å². The third-order valence-corrected chi connectivity index (χ3v) is 2.84. The molecule has 0 bridgehead atoms. The maximum Gasteiger partial charge on any atom is 0.176 e. The molecule has 0 spiro atoms. The number of carbonyl (C=O) groups excluding carboxylic acids is 1. The second-order valence-corrected chi connectivity index (χ2v) is 5.71. The summed E-state index contributed by atoms with van der Waals surface area (Å²) in [6.45, 7) is 5.16. The molecule has 1 atom stereocenters. The highest BCUT2D eigenvalue weighted by atomic mass is 16.5. The first-order chi connectivity index (χ1) is 9.88. The number of benzene rings is 1. The fourth-order valence-corrected chi connectivity index (χ4v) is 1.74. The van der Waals surface area contributed by atoms with Crippen molar-refractivity contribution in [1.29, 1.82) is 0 Å². The van der Waals surface area contributed by atoms with E-state index in [1.165, 1.54) is 0 Å². The van der Waals surface area contributed by atoms with Gasteiger partial charge in [0.15, 0.2) is 5.78 Å². The normalized spacial score (nSPS) is 12.7. The van der Waals surface area contributed by atoms with Crippen molar-refractivity contribution in [2.45, 2.75) is 26.0 Å². The van der Waals surface area contributed by atoms with Crippen molar-refractivity contribution in [2.24, 2.45) is 0 Å². The molecule has 1 aromatic carbocycles. The molecular weight excluding hydrogens is 268 g/mol. The van der Waals surface area contributed by atoms with Crippen molar-refractivity contribution in [3.63, 3.8) is 0 Å². The molecule has 0 saturated carbocycles. The lowest BCUT2D eigenvalue weighted by molar-refractivity contribution is 0.0956. The highest BCUT2D eigenvalue weighted by molar-refractivity contribution is 5.97. The van der Waals surface area contributed by atoms with Gasteiger partial charge in [-0.25, -0.2) is 0 Å². The number of likely N-dealkylation sites (N-methyl/N-ethyl adjacent to an activating group) is 1. The third-order valence-electron chi connectivity index (χ3n) is 2.84. The van der Waals surface area contributed by atoms with Crippen molar-refractivity contribution in [2.75, 3.05) is 33.8 Å². The molecule has 0 aliphatic carbocycles. The quantitative estimate of drug-likeness (QED) is 0.670. The van der Waals surface area contributed by atoms with E-state index < -0.39 is 6.10 Å². The molecule has 2 N–H and O–H groups in total. The summed E-state index contributed by atoms with van der Waals surface area (Å²) in [7, 11) is 3.73. The summed E-state index contributed by atoms with van der Waals surface area (Å²) in [5.74, 6) is 0.729. The molecule has 5 nitrogen and oxygen atoms in total. The molecule has 0 aliphatic rings. The number of nitrogens with zero attached hydrogens (tertiary/aromatic N) is 1. The zero-order valence-corrected chi connectivity index (χ0v) is 13.3. The van der Waals surface area contributed by atoms with Gasteiger partial charge in [0, 0.05) is 18.2 Å². The summed E-state index contributed by atoms with van der Waals surface area (Å²) in [6, 6.07) is 7.35. The maximum atomic E-state index is 11.9. The number of aliphatic hydroxyl groups excluding tert-OH is 1. The van der Waals surface area contributed by atoms with Crippen molar-refractivity contribution in [3.8, 4) is 5.75 Å². The maximum absolute atomic E-state index is 11.9. The Morgan fingerprint density at radius 1 is 1.29 bits per heavy atom. The Hall–Kier alpha value is -1.43. The van der Waals surface area contributed by atoms with Crippen LogP contribution in [-0.2, 0) is 0 Å². The van der Waals surface area contributed by atoms with E-state index in [4.69, 9.17) is 4.74 Å². The number of hydrogen-bond donors (Lipinski definition) is 2. The summed E-state index contributed by atoms with van der Waals surface area (Å²) in [5, 5.41) is 12.9. The summed E-state index contributed by atoms with van der Waals surface area (Å²) >= 11 is 0. The molecule has 1 aromatic rings. The minimum Gasteiger partial charge on any atom is -0.491 e. The molecule has 0 aromatic heterocycles. The highest BCUT2D eigenvalue weighted by Gasteiger charge is 2.08. The summed E-state index contributed by atoms with van der Waals surface area (Å²) < 4.78 is 5.50. The van der Waals surface area contributed by atoms with Crippen LogP contribution in [0.2, 0.25) is 0 Å². The largest absolute Gasteiger partial charge is 0.491 e. The summed E-state index contributed by atoms with van der Waals surface area (Å²) in [4.78, 5) is 13.7. The first kappa shape index (κ1) is 17.6. The summed E-state index contributed by atoms with van der Waals surface area (Å²) in [5.41, 5.74) is 0.665. The van der Waals surface area contributed by atoms with E-state index >= 15 is 0 Å². The van der Waals surface area contributed by atoms with Crippen molar-refractivity contribution < 1.29 is 14.6 Å². The van der Waals surface area contributed by atoms with Gasteiger partial charge in [0.25, 0.3) is 0 Å². The molecule has 1 rings (SSSR count). The van der Waals surface area contributed by atoms with E-state index in [0.29, 0.717) is 30.4 Å². The van der Waals surface area contributed by atoms with E-state index in [1.807, 2.05) is 32.8 Å². The zero-order chi connectivity index (χ0) is 15.8. The molecule has 1 unspecified atom stereocenters. The Labute approximate surface area is 126 Å². The average molecular weight is 294 g/mol. The van der Waals surface area contributed by atoms with Crippen LogP contribution in [0.15, 0.2) is 24.3 Å². The van der Waals surface area contributed by atoms with Gasteiger partial charge in [0.1, 0.15) is 18.5 Å². The molecule has 0 radical (unpaired) electrons. The lowest BCUT2D eigenvalue weighted by Gasteiger charge is -2.15. The van der Waals surface area contributed by atoms with Gasteiger partial charge in [-0.2, -0.15) is 0 Å². The van der Waals surface area contributed by atoms with Crippen molar-refractivity contribution >= 4 is 5.78 Å². The Kier molecular flexibility index (Phi) is 7.36. The van der Waals surface area contributed by atoms with Crippen LogP contribution >= 0.6 is 0 Å². The molecule has 0 saturated heterocycles. The third kappa shape index (κ3) is 7.22. The lowest BCUT2D eigenvalue weighted by Crippen LogP contribution is -2.35. The fourth-order valence-electron chi connectivity index (χ4n) is 1.74. The van der Waals surface area contributed by atoms with Gasteiger partial charge in [0.2, 0.25) is 0 Å². The number of nitrogens with one attached hydrogen (secondary N) is 1. The fraction of sp³-hybridized carbons (Fsp3) is 0.562. The molecule has 0 fully saturated rings. The standard InChI is InChI=1S/C16H26N2O3/c1-12(2)17-9-14(19)11-21-15-7-5-13(6-8-15)16(20)10-18(3)4/h5-8,12,14,17,19H,9-11H2,1-4H3. The van der Waals surface area contributed by atoms with Crippen LogP contribution < -0.4 is 10.1 Å². The SMILES string of the molecule is CC(C)NCC(O)COc1ccc(C(=O)CN(C)C)cc1. The minimum atomic E-state index is -0.553. The van der Waals surface area contributed by atoms with Crippen LogP contribution in [0, 0.1) is 0 Å². The number of hydrogen-bond acceptors (Lipinski definition) is 5. The molecule has 21 heavy (non-hydrogen) atoms. The average Bonchev–Trinajstić information content (AvgIpc) is 2.42. The van der Waals surface area contributed by atoms with Crippen LogP contribution in [0.4, 0.5) is 0 Å². The highest BCUT2D eigenvalue weighted by Crippen LogP contribution is 2.13. The predicted molar refractivity (Wildman–Crippen MR) is 84.0 cm³/mol. The van der Waals surface area contributed by atoms with Crippen molar-refractivity contribution in [3.05, 3.63) is 29.8 Å². The lowest BCUT2D eigenvalue weighted by atomic mass is 10.1. The van der Waals surface area contributed by atoms with E-state index in [0.717, 1.165) is 0 Å². The Morgan fingerprint density at radius 2 is 1.90 bits per heavy atom. The van der Waals surface area contributed by atoms with Crippen LogP contribution in [0.3, 0.4) is 0 Å². The van der Waals surface area contributed by atoms with Gasteiger partial charge in [-0.05, 0) is 38.4 Å². The smallest absolute Gasteiger partial charge is 0.176 e. The molecule has 0 heterocycles. The number of rotatable bonds is 9. The number of carbonyl (C=O) groups is 1. The Balaban J connectivity index is 2.42. The Bertz CT molecular complexity index is 430. The molecular formula is C16H26N2O3. The number of Topliss-reactive ketones (excluding diaryl/α,β-unsaturated/α-hetero) is 1. The van der Waals surface area contributed by atoms with Crippen molar-refractivity contribution in [1.82, 2.24) is 10.2 Å². The minimum absolute atomic E-state index is 0.0766. The second kappa shape index (κ2) is 8.77. The molecule has 118 valence electrons. The van der Waals surface area contributed by atoms with E-state index in [-0.39, 0.29) is 12.4 Å². The predicted octanol–water partition coefficient (Wildman–Crippen LogP) is 1.17.